The maximum atomic E-state index is 12.8. The maximum Gasteiger partial charge on any atom is 0.411 e. The molecule has 0 aromatic heterocycles. The molecule has 0 radical (unpaired) electrons. The summed E-state index contributed by atoms with van der Waals surface area (Å²) in [5.41, 5.74) is 3.38. The van der Waals surface area contributed by atoms with Crippen molar-refractivity contribution in [3.63, 3.8) is 0 Å². The highest BCUT2D eigenvalue weighted by Crippen LogP contribution is 2.32. The fourth-order valence-electron chi connectivity index (χ4n) is 2.77. The van der Waals surface area contributed by atoms with Gasteiger partial charge in [0.2, 0.25) is 0 Å². The van der Waals surface area contributed by atoms with Crippen LogP contribution in [-0.4, -0.2) is 19.1 Å². The second-order valence-electron chi connectivity index (χ2n) is 5.65. The number of hydrogen-bond donors (Lipinski definition) is 3. The largest absolute Gasteiger partial charge is 0.453 e. The number of anilines is 1. The van der Waals surface area contributed by atoms with E-state index in [0.29, 0.717) is 5.70 Å². The zero-order valence-electron chi connectivity index (χ0n) is 14.0. The number of amides is 2. The first-order chi connectivity index (χ1) is 12.1. The molecule has 1 heterocycles. The monoisotopic (exact) mass is 337 g/mol. The van der Waals surface area contributed by atoms with Gasteiger partial charge in [-0.3, -0.25) is 10.1 Å². The molecule has 3 N–H and O–H groups in total. The molecule has 128 valence electrons. The van der Waals surface area contributed by atoms with E-state index in [1.807, 2.05) is 54.6 Å². The van der Waals surface area contributed by atoms with Gasteiger partial charge in [-0.25, -0.2) is 4.79 Å². The van der Waals surface area contributed by atoms with Crippen LogP contribution >= 0.6 is 0 Å². The molecule has 2 aromatic rings. The van der Waals surface area contributed by atoms with E-state index in [2.05, 4.69) is 20.7 Å². The molecule has 6 nitrogen and oxygen atoms in total. The first-order valence-corrected chi connectivity index (χ1v) is 7.87. The molecule has 0 aliphatic carbocycles. The zero-order valence-corrected chi connectivity index (χ0v) is 14.0. The summed E-state index contributed by atoms with van der Waals surface area (Å²) in [6.45, 7) is 1.64. The minimum atomic E-state index is -0.628. The molecular formula is C19H19N3O3. The lowest BCUT2D eigenvalue weighted by atomic mass is 9.97. The van der Waals surface area contributed by atoms with E-state index in [0.717, 1.165) is 16.8 Å². The number of carbonyl (C=O) groups is 2. The van der Waals surface area contributed by atoms with E-state index in [-0.39, 0.29) is 17.6 Å². The molecule has 0 bridgehead atoms. The number of fused-ring (bicyclic) bond motifs is 1. The van der Waals surface area contributed by atoms with Crippen molar-refractivity contribution in [2.45, 2.75) is 13.0 Å². The van der Waals surface area contributed by atoms with Crippen molar-refractivity contribution in [3.05, 3.63) is 77.1 Å². The Morgan fingerprint density at radius 2 is 1.76 bits per heavy atom. The van der Waals surface area contributed by atoms with Crippen LogP contribution in [0.4, 0.5) is 10.5 Å². The number of carbonyl (C=O) groups excluding carboxylic acids is 2. The highest BCUT2D eigenvalue weighted by atomic mass is 16.5. The second kappa shape index (κ2) is 7.09. The number of benzene rings is 2. The Hall–Kier alpha value is -3.28. The van der Waals surface area contributed by atoms with Crippen molar-refractivity contribution in [2.24, 2.45) is 0 Å². The van der Waals surface area contributed by atoms with Crippen molar-refractivity contribution in [1.29, 1.82) is 0 Å². The molecule has 0 saturated heterocycles. The SMILES string of the molecule is COC(=O)NC(C)=C1Nc2ccccc2C(c2ccccc2)NC1=O. The number of nitrogens with one attached hydrogen (secondary N) is 3. The molecule has 0 spiro atoms. The lowest BCUT2D eigenvalue weighted by molar-refractivity contribution is -0.117. The maximum absolute atomic E-state index is 12.8. The van der Waals surface area contributed by atoms with E-state index in [4.69, 9.17) is 0 Å². The summed E-state index contributed by atoms with van der Waals surface area (Å²) >= 11 is 0. The first-order valence-electron chi connectivity index (χ1n) is 7.87. The Labute approximate surface area is 145 Å². The minimum Gasteiger partial charge on any atom is -0.453 e. The molecule has 1 aliphatic heterocycles. The molecule has 2 aromatic carbocycles. The number of rotatable bonds is 2. The molecule has 6 heteroatoms. The van der Waals surface area contributed by atoms with Gasteiger partial charge in [-0.1, -0.05) is 48.5 Å². The first kappa shape index (κ1) is 16.6. The molecule has 1 unspecified atom stereocenters. The summed E-state index contributed by atoms with van der Waals surface area (Å²) in [4.78, 5) is 24.2. The van der Waals surface area contributed by atoms with Crippen LogP contribution in [0.25, 0.3) is 0 Å². The summed E-state index contributed by atoms with van der Waals surface area (Å²) in [5, 5.41) is 8.70. The van der Waals surface area contributed by atoms with Crippen LogP contribution in [-0.2, 0) is 9.53 Å². The smallest absolute Gasteiger partial charge is 0.411 e. The van der Waals surface area contributed by atoms with Gasteiger partial charge in [-0.15, -0.1) is 0 Å². The molecule has 25 heavy (non-hydrogen) atoms. The van der Waals surface area contributed by atoms with Crippen LogP contribution in [0.1, 0.15) is 24.1 Å². The summed E-state index contributed by atoms with van der Waals surface area (Å²) in [6.07, 6.45) is -0.628. The van der Waals surface area contributed by atoms with Crippen LogP contribution in [0.3, 0.4) is 0 Å². The van der Waals surface area contributed by atoms with Crippen LogP contribution < -0.4 is 16.0 Å². The van der Waals surface area contributed by atoms with Crippen LogP contribution in [0.5, 0.6) is 0 Å². The zero-order chi connectivity index (χ0) is 17.8. The van der Waals surface area contributed by atoms with Crippen LogP contribution in [0.15, 0.2) is 66.0 Å². The van der Waals surface area contributed by atoms with E-state index in [1.165, 1.54) is 7.11 Å². The molecular weight excluding hydrogens is 318 g/mol. The van der Waals surface area contributed by atoms with Gasteiger partial charge >= 0.3 is 6.09 Å². The Morgan fingerprint density at radius 1 is 1.08 bits per heavy atom. The summed E-state index contributed by atoms with van der Waals surface area (Å²) in [7, 11) is 1.27. The van der Waals surface area contributed by atoms with E-state index in [9.17, 15) is 9.59 Å². The minimum absolute atomic E-state index is 0.274. The van der Waals surface area contributed by atoms with Gasteiger partial charge in [0.15, 0.2) is 0 Å². The van der Waals surface area contributed by atoms with Crippen molar-refractivity contribution in [2.75, 3.05) is 12.4 Å². The molecule has 3 rings (SSSR count). The van der Waals surface area contributed by atoms with Gasteiger partial charge in [0.1, 0.15) is 5.70 Å². The summed E-state index contributed by atoms with van der Waals surface area (Å²) in [6, 6.07) is 17.1. The highest BCUT2D eigenvalue weighted by Gasteiger charge is 2.27. The third-order valence-electron chi connectivity index (χ3n) is 4.02. The van der Waals surface area contributed by atoms with Crippen molar-refractivity contribution in [1.82, 2.24) is 10.6 Å². The van der Waals surface area contributed by atoms with Crippen molar-refractivity contribution in [3.8, 4) is 0 Å². The lowest BCUT2D eigenvalue weighted by Crippen LogP contribution is -2.33. The topological polar surface area (TPSA) is 79.5 Å². The molecule has 2 amide bonds. The van der Waals surface area contributed by atoms with E-state index < -0.39 is 6.09 Å². The van der Waals surface area contributed by atoms with Crippen molar-refractivity contribution < 1.29 is 14.3 Å². The van der Waals surface area contributed by atoms with Gasteiger partial charge in [0.25, 0.3) is 5.91 Å². The number of allylic oxidation sites excluding steroid dienone is 1. The Bertz CT molecular complexity index is 831. The number of ether oxygens (including phenoxy) is 1. The van der Waals surface area contributed by atoms with Crippen LogP contribution in [0.2, 0.25) is 0 Å². The average molecular weight is 337 g/mol. The number of para-hydroxylation sites is 1. The van der Waals surface area contributed by atoms with Gasteiger partial charge < -0.3 is 15.4 Å². The predicted molar refractivity (Wildman–Crippen MR) is 94.7 cm³/mol. The lowest BCUT2D eigenvalue weighted by Gasteiger charge is -2.18. The highest BCUT2D eigenvalue weighted by molar-refractivity contribution is 5.99. The number of hydrogen-bond acceptors (Lipinski definition) is 4. The Kier molecular flexibility index (Phi) is 4.70. The standard InChI is InChI=1S/C19H19N3O3/c1-12(20-19(24)25-2)16-18(23)22-17(13-8-4-3-5-9-13)14-10-6-7-11-15(14)21-16/h3-11,17,21H,1-2H3,(H,20,24)(H,22,23). The Balaban J connectivity index is 2.05. The normalized spacial score (nSPS) is 18.2. The van der Waals surface area contributed by atoms with Gasteiger partial charge in [-0.2, -0.15) is 0 Å². The summed E-state index contributed by atoms with van der Waals surface area (Å²) < 4.78 is 4.59. The molecule has 1 atom stereocenters. The average Bonchev–Trinajstić information content (AvgIpc) is 2.79. The number of alkyl carbamates (subject to hydrolysis) is 1. The molecule has 1 aliphatic rings. The Morgan fingerprint density at radius 3 is 2.48 bits per heavy atom. The second-order valence-corrected chi connectivity index (χ2v) is 5.65. The third kappa shape index (κ3) is 3.47. The molecule has 0 fully saturated rings. The van der Waals surface area contributed by atoms with Gasteiger partial charge in [0.05, 0.1) is 13.2 Å². The molecule has 0 saturated carbocycles. The predicted octanol–water partition coefficient (Wildman–Crippen LogP) is 2.91. The van der Waals surface area contributed by atoms with E-state index >= 15 is 0 Å². The third-order valence-corrected chi connectivity index (χ3v) is 4.02. The quantitative estimate of drug-likeness (QED) is 0.736. The van der Waals surface area contributed by atoms with Crippen LogP contribution in [0, 0.1) is 0 Å². The van der Waals surface area contributed by atoms with E-state index in [1.54, 1.807) is 6.92 Å². The fraction of sp³-hybridized carbons (Fsp3) is 0.158. The summed E-state index contributed by atoms with van der Waals surface area (Å²) in [5.74, 6) is -0.307. The fourth-order valence-corrected chi connectivity index (χ4v) is 2.77. The number of methoxy groups -OCH3 is 1. The van der Waals surface area contributed by atoms with Crippen molar-refractivity contribution >= 4 is 17.7 Å². The van der Waals surface area contributed by atoms with Gasteiger partial charge in [0, 0.05) is 16.9 Å². The van der Waals surface area contributed by atoms with Gasteiger partial charge in [-0.05, 0) is 18.6 Å².